The van der Waals surface area contributed by atoms with Gasteiger partial charge in [-0.3, -0.25) is 9.59 Å². The number of hydrogen-bond donors (Lipinski definition) is 0. The van der Waals surface area contributed by atoms with Crippen molar-refractivity contribution in [2.75, 3.05) is 13.2 Å². The lowest BCUT2D eigenvalue weighted by atomic mass is 9.52. The molecular formula is C22H30N2O3. The van der Waals surface area contributed by atoms with E-state index in [1.807, 2.05) is 4.90 Å². The van der Waals surface area contributed by atoms with Crippen LogP contribution in [0.3, 0.4) is 0 Å². The number of nitriles is 1. The van der Waals surface area contributed by atoms with Gasteiger partial charge in [0.15, 0.2) is 6.61 Å². The van der Waals surface area contributed by atoms with Crippen molar-refractivity contribution in [3.05, 3.63) is 12.2 Å². The molecule has 4 saturated carbocycles. The molecule has 0 radical (unpaired) electrons. The Labute approximate surface area is 161 Å². The molecule has 0 aromatic carbocycles. The summed E-state index contributed by atoms with van der Waals surface area (Å²) in [6, 6.07) is 2.19. The summed E-state index contributed by atoms with van der Waals surface area (Å²) >= 11 is 0. The van der Waals surface area contributed by atoms with Crippen LogP contribution in [0.15, 0.2) is 12.2 Å². The Morgan fingerprint density at radius 3 is 2.37 bits per heavy atom. The Bertz CT molecular complexity index is 628. The summed E-state index contributed by atoms with van der Waals surface area (Å²) in [6.45, 7) is 0.285. The van der Waals surface area contributed by atoms with Crippen molar-refractivity contribution in [1.82, 2.24) is 4.90 Å². The number of ether oxygens (including phenoxy) is 1. The quantitative estimate of drug-likeness (QED) is 0.507. The van der Waals surface area contributed by atoms with E-state index in [9.17, 15) is 9.59 Å². The molecule has 5 nitrogen and oxygen atoms in total. The summed E-state index contributed by atoms with van der Waals surface area (Å²) in [5, 5.41) is 9.08. The van der Waals surface area contributed by atoms with E-state index < -0.39 is 0 Å². The summed E-state index contributed by atoms with van der Waals surface area (Å²) in [7, 11) is 0. The van der Waals surface area contributed by atoms with Crippen LogP contribution < -0.4 is 0 Å². The molecule has 146 valence electrons. The van der Waals surface area contributed by atoms with E-state index in [0.29, 0.717) is 19.4 Å². The summed E-state index contributed by atoms with van der Waals surface area (Å²) in [5.41, 5.74) is -0.0940. The lowest BCUT2D eigenvalue weighted by Gasteiger charge is -2.60. The summed E-state index contributed by atoms with van der Waals surface area (Å²) in [4.78, 5) is 27.1. The van der Waals surface area contributed by atoms with Gasteiger partial charge in [0.1, 0.15) is 0 Å². The molecule has 0 saturated heterocycles. The molecule has 0 aliphatic heterocycles. The number of amides is 1. The smallest absolute Gasteiger partial charge is 0.306 e. The SMILES string of the molecule is N#CCCN(C(=O)COC(=O)C[C@H]1C=CCC1)C12CC3CC(CC(C3)C1)C2. The highest BCUT2D eigenvalue weighted by atomic mass is 16.5. The van der Waals surface area contributed by atoms with Gasteiger partial charge in [-0.2, -0.15) is 5.26 Å². The van der Waals surface area contributed by atoms with E-state index in [0.717, 1.165) is 49.9 Å². The minimum absolute atomic E-state index is 0.0940. The second-order valence-corrected chi connectivity index (χ2v) is 9.23. The monoisotopic (exact) mass is 370 g/mol. The highest BCUT2D eigenvalue weighted by Gasteiger charge is 2.54. The average Bonchev–Trinajstić information content (AvgIpc) is 3.12. The van der Waals surface area contributed by atoms with Crippen LogP contribution in [0.5, 0.6) is 0 Å². The first-order chi connectivity index (χ1) is 13.1. The third-order valence-electron chi connectivity index (χ3n) is 7.22. The zero-order chi connectivity index (χ0) is 18.9. The van der Waals surface area contributed by atoms with Gasteiger partial charge in [-0.05, 0) is 75.0 Å². The lowest BCUT2D eigenvalue weighted by molar-refractivity contribution is -0.162. The van der Waals surface area contributed by atoms with E-state index in [-0.39, 0.29) is 29.9 Å². The minimum Gasteiger partial charge on any atom is -0.456 e. The highest BCUT2D eigenvalue weighted by molar-refractivity contribution is 5.81. The number of carbonyl (C=O) groups is 2. The predicted molar refractivity (Wildman–Crippen MR) is 100 cm³/mol. The van der Waals surface area contributed by atoms with Gasteiger partial charge in [-0.25, -0.2) is 0 Å². The van der Waals surface area contributed by atoms with Crippen LogP contribution in [0.25, 0.3) is 0 Å². The molecule has 0 aromatic heterocycles. The Morgan fingerprint density at radius 1 is 1.15 bits per heavy atom. The van der Waals surface area contributed by atoms with Gasteiger partial charge in [0, 0.05) is 12.1 Å². The fraction of sp³-hybridized carbons (Fsp3) is 0.773. The molecular weight excluding hydrogens is 340 g/mol. The van der Waals surface area contributed by atoms with Gasteiger partial charge in [0.2, 0.25) is 0 Å². The molecule has 1 atom stereocenters. The molecule has 5 heteroatoms. The molecule has 0 unspecified atom stereocenters. The summed E-state index contributed by atoms with van der Waals surface area (Å²) < 4.78 is 5.34. The van der Waals surface area contributed by atoms with Crippen LogP contribution in [0.2, 0.25) is 0 Å². The standard InChI is InChI=1S/C22H30N2O3/c23-6-3-7-24(20(25)15-27-21(26)11-16-4-1-2-5-16)22-12-17-8-18(13-22)10-19(9-17)14-22/h1,4,16-19H,2-3,5,7-15H2/t16-,17?,18?,19?,22?/m0/s1. The van der Waals surface area contributed by atoms with Crippen molar-refractivity contribution in [3.63, 3.8) is 0 Å². The first-order valence-electron chi connectivity index (χ1n) is 10.6. The van der Waals surface area contributed by atoms with Gasteiger partial charge < -0.3 is 9.64 Å². The molecule has 0 N–H and O–H groups in total. The molecule has 0 spiro atoms. The molecule has 0 heterocycles. The van der Waals surface area contributed by atoms with Crippen molar-refractivity contribution in [2.45, 2.75) is 69.7 Å². The molecule has 4 bridgehead atoms. The Kier molecular flexibility index (Phi) is 5.25. The van der Waals surface area contributed by atoms with E-state index in [1.165, 1.54) is 19.3 Å². The van der Waals surface area contributed by atoms with E-state index >= 15 is 0 Å². The number of nitrogens with zero attached hydrogens (tertiary/aromatic N) is 2. The normalized spacial score (nSPS) is 35.8. The van der Waals surface area contributed by atoms with E-state index in [4.69, 9.17) is 10.00 Å². The molecule has 4 fully saturated rings. The highest BCUT2D eigenvalue weighted by Crippen LogP contribution is 2.57. The number of rotatable bonds is 7. The zero-order valence-electron chi connectivity index (χ0n) is 16.1. The third kappa shape index (κ3) is 3.90. The van der Waals surface area contributed by atoms with Crippen molar-refractivity contribution in [3.8, 4) is 6.07 Å². The Hall–Kier alpha value is -1.83. The molecule has 5 rings (SSSR count). The first kappa shape index (κ1) is 18.5. The topological polar surface area (TPSA) is 70.4 Å². The second kappa shape index (κ2) is 7.66. The summed E-state index contributed by atoms with van der Waals surface area (Å²) in [6.07, 6.45) is 14.0. The Morgan fingerprint density at radius 2 is 1.81 bits per heavy atom. The van der Waals surface area contributed by atoms with Crippen LogP contribution >= 0.6 is 0 Å². The minimum atomic E-state index is -0.286. The van der Waals surface area contributed by atoms with Crippen LogP contribution in [-0.2, 0) is 14.3 Å². The number of esters is 1. The Balaban J connectivity index is 1.39. The van der Waals surface area contributed by atoms with Gasteiger partial charge in [0.25, 0.3) is 5.91 Å². The number of allylic oxidation sites excluding steroid dienone is 2. The summed E-state index contributed by atoms with van der Waals surface area (Å²) in [5.74, 6) is 2.04. The maximum atomic E-state index is 13.0. The van der Waals surface area contributed by atoms with Gasteiger partial charge in [-0.15, -0.1) is 0 Å². The van der Waals surface area contributed by atoms with Crippen LogP contribution in [-0.4, -0.2) is 35.5 Å². The average molecular weight is 370 g/mol. The van der Waals surface area contributed by atoms with Gasteiger partial charge in [0.05, 0.1) is 18.9 Å². The predicted octanol–water partition coefficient (Wildman–Crippen LogP) is 3.60. The molecule has 5 aliphatic carbocycles. The maximum Gasteiger partial charge on any atom is 0.306 e. The first-order valence-corrected chi connectivity index (χ1v) is 10.6. The van der Waals surface area contributed by atoms with Crippen LogP contribution in [0, 0.1) is 35.0 Å². The maximum absolute atomic E-state index is 13.0. The number of hydrogen-bond acceptors (Lipinski definition) is 4. The lowest BCUT2D eigenvalue weighted by Crippen LogP contribution is -2.62. The molecule has 1 amide bonds. The van der Waals surface area contributed by atoms with Crippen molar-refractivity contribution in [2.24, 2.45) is 23.7 Å². The number of carbonyl (C=O) groups excluding carboxylic acids is 2. The zero-order valence-corrected chi connectivity index (χ0v) is 16.1. The van der Waals surface area contributed by atoms with Gasteiger partial charge >= 0.3 is 5.97 Å². The van der Waals surface area contributed by atoms with Gasteiger partial charge in [-0.1, -0.05) is 12.2 Å². The molecule has 0 aromatic rings. The van der Waals surface area contributed by atoms with E-state index in [1.54, 1.807) is 0 Å². The van der Waals surface area contributed by atoms with E-state index in [2.05, 4.69) is 18.2 Å². The van der Waals surface area contributed by atoms with Crippen LogP contribution in [0.1, 0.15) is 64.2 Å². The fourth-order valence-corrected chi connectivity index (χ4v) is 6.54. The largest absolute Gasteiger partial charge is 0.456 e. The fourth-order valence-electron chi connectivity index (χ4n) is 6.54. The van der Waals surface area contributed by atoms with Crippen LogP contribution in [0.4, 0.5) is 0 Å². The third-order valence-corrected chi connectivity index (χ3v) is 7.22. The van der Waals surface area contributed by atoms with Crippen molar-refractivity contribution in [1.29, 1.82) is 5.26 Å². The van der Waals surface area contributed by atoms with Crippen molar-refractivity contribution >= 4 is 11.9 Å². The second-order valence-electron chi connectivity index (χ2n) is 9.23. The molecule has 5 aliphatic rings. The van der Waals surface area contributed by atoms with Crippen molar-refractivity contribution < 1.29 is 14.3 Å². The molecule has 27 heavy (non-hydrogen) atoms.